The van der Waals surface area contributed by atoms with E-state index in [1.807, 2.05) is 0 Å². The Morgan fingerprint density at radius 3 is 2.71 bits per heavy atom. The molecule has 110 valence electrons. The molecule has 5 heteroatoms. The van der Waals surface area contributed by atoms with Gasteiger partial charge in [0.15, 0.2) is 0 Å². The Kier molecular flexibility index (Phi) is 4.94. The van der Waals surface area contributed by atoms with Gasteiger partial charge in [-0.2, -0.15) is 0 Å². The molecular weight excluding hydrogens is 293 g/mol. The van der Waals surface area contributed by atoms with Crippen LogP contribution in [0, 0.1) is 12.7 Å². The summed E-state index contributed by atoms with van der Waals surface area (Å²) in [5.74, 6) is -0.907. The number of aryl methyl sites for hydroxylation is 1. The van der Waals surface area contributed by atoms with Crippen molar-refractivity contribution in [1.29, 1.82) is 0 Å². The number of rotatable bonds is 4. The number of carbonyl (C=O) groups is 1. The van der Waals surface area contributed by atoms with Gasteiger partial charge in [0.25, 0.3) is 5.91 Å². The van der Waals surface area contributed by atoms with E-state index in [4.69, 9.17) is 11.6 Å². The van der Waals surface area contributed by atoms with Crippen LogP contribution in [-0.2, 0) is 0 Å². The molecule has 0 aromatic heterocycles. The molecule has 21 heavy (non-hydrogen) atoms. The highest BCUT2D eigenvalue weighted by atomic mass is 35.5. The number of halogens is 2. The minimum absolute atomic E-state index is 0.00186. The maximum atomic E-state index is 13.3. The molecule has 0 fully saturated rings. The van der Waals surface area contributed by atoms with Crippen molar-refractivity contribution in [2.75, 3.05) is 6.54 Å². The standard InChI is InChI=1S/C16H15ClFNO2/c1-10-6-11(8-12(18)7-10)16(21)19-9-15(20)13-4-2-3-5-14(13)17/h2-8,15,20H,9H2,1H3,(H,19,21). The van der Waals surface area contributed by atoms with Gasteiger partial charge in [-0.05, 0) is 36.8 Å². The van der Waals surface area contributed by atoms with Crippen molar-refractivity contribution in [3.05, 3.63) is 70.0 Å². The molecule has 0 aliphatic heterocycles. The van der Waals surface area contributed by atoms with Crippen molar-refractivity contribution < 1.29 is 14.3 Å². The number of hydrogen-bond acceptors (Lipinski definition) is 2. The van der Waals surface area contributed by atoms with Gasteiger partial charge < -0.3 is 10.4 Å². The van der Waals surface area contributed by atoms with Crippen LogP contribution in [0.2, 0.25) is 5.02 Å². The van der Waals surface area contributed by atoms with E-state index < -0.39 is 17.8 Å². The Morgan fingerprint density at radius 1 is 1.33 bits per heavy atom. The van der Waals surface area contributed by atoms with Crippen LogP contribution >= 0.6 is 11.6 Å². The lowest BCUT2D eigenvalue weighted by molar-refractivity contribution is 0.0916. The van der Waals surface area contributed by atoms with Gasteiger partial charge in [0.2, 0.25) is 0 Å². The molecule has 0 bridgehead atoms. The number of carbonyl (C=O) groups excluding carboxylic acids is 1. The van der Waals surface area contributed by atoms with Crippen LogP contribution in [-0.4, -0.2) is 17.6 Å². The van der Waals surface area contributed by atoms with E-state index >= 15 is 0 Å². The maximum absolute atomic E-state index is 13.3. The van der Waals surface area contributed by atoms with Crippen molar-refractivity contribution in [2.45, 2.75) is 13.0 Å². The molecule has 1 atom stereocenters. The van der Waals surface area contributed by atoms with Gasteiger partial charge >= 0.3 is 0 Å². The molecule has 2 aromatic carbocycles. The molecule has 0 aliphatic carbocycles. The van der Waals surface area contributed by atoms with Crippen LogP contribution < -0.4 is 5.32 Å². The molecular formula is C16H15ClFNO2. The first-order chi connectivity index (χ1) is 9.97. The molecule has 0 saturated carbocycles. The second kappa shape index (κ2) is 6.70. The molecule has 0 spiro atoms. The van der Waals surface area contributed by atoms with Crippen LogP contribution in [0.25, 0.3) is 0 Å². The second-order valence-corrected chi connectivity index (χ2v) is 5.17. The van der Waals surface area contributed by atoms with Crippen molar-refractivity contribution in [2.24, 2.45) is 0 Å². The summed E-state index contributed by atoms with van der Waals surface area (Å²) in [4.78, 5) is 11.9. The third kappa shape index (κ3) is 4.03. The molecule has 3 nitrogen and oxygen atoms in total. The highest BCUT2D eigenvalue weighted by Crippen LogP contribution is 2.22. The molecule has 2 aromatic rings. The Balaban J connectivity index is 2.02. The summed E-state index contributed by atoms with van der Waals surface area (Å²) in [6.07, 6.45) is -0.919. The smallest absolute Gasteiger partial charge is 0.251 e. The highest BCUT2D eigenvalue weighted by molar-refractivity contribution is 6.31. The average molecular weight is 308 g/mol. The second-order valence-electron chi connectivity index (χ2n) is 4.76. The third-order valence-electron chi connectivity index (χ3n) is 3.02. The first-order valence-corrected chi connectivity index (χ1v) is 6.83. The van der Waals surface area contributed by atoms with E-state index in [0.29, 0.717) is 16.1 Å². The van der Waals surface area contributed by atoms with Crippen molar-refractivity contribution >= 4 is 17.5 Å². The van der Waals surface area contributed by atoms with E-state index in [1.165, 1.54) is 6.07 Å². The van der Waals surface area contributed by atoms with Crippen LogP contribution in [0.15, 0.2) is 42.5 Å². The Morgan fingerprint density at radius 2 is 2.05 bits per heavy atom. The van der Waals surface area contributed by atoms with Gasteiger partial charge in [-0.25, -0.2) is 4.39 Å². The largest absolute Gasteiger partial charge is 0.387 e. The number of nitrogens with one attached hydrogen (secondary N) is 1. The summed E-state index contributed by atoms with van der Waals surface area (Å²) in [5.41, 5.74) is 1.42. The minimum atomic E-state index is -0.919. The van der Waals surface area contributed by atoms with Crippen LogP contribution in [0.3, 0.4) is 0 Å². The average Bonchev–Trinajstić information content (AvgIpc) is 2.43. The normalized spacial score (nSPS) is 12.0. The monoisotopic (exact) mass is 307 g/mol. The van der Waals surface area contributed by atoms with Gasteiger partial charge in [-0.1, -0.05) is 29.8 Å². The first kappa shape index (κ1) is 15.5. The predicted octanol–water partition coefficient (Wildman–Crippen LogP) is 3.25. The Hall–Kier alpha value is -1.91. The van der Waals surface area contributed by atoms with E-state index in [1.54, 1.807) is 37.3 Å². The summed E-state index contributed by atoms with van der Waals surface area (Å²) in [6, 6.07) is 10.9. The lowest BCUT2D eigenvalue weighted by Crippen LogP contribution is -2.28. The fraction of sp³-hybridized carbons (Fsp3) is 0.188. The minimum Gasteiger partial charge on any atom is -0.387 e. The molecule has 0 saturated heterocycles. The molecule has 1 amide bonds. The SMILES string of the molecule is Cc1cc(F)cc(C(=O)NCC(O)c2ccccc2Cl)c1. The van der Waals surface area contributed by atoms with Crippen molar-refractivity contribution in [3.8, 4) is 0 Å². The number of aliphatic hydroxyl groups is 1. The first-order valence-electron chi connectivity index (χ1n) is 6.45. The number of aliphatic hydroxyl groups excluding tert-OH is 1. The molecule has 0 radical (unpaired) electrons. The van der Waals surface area contributed by atoms with Crippen LogP contribution in [0.1, 0.15) is 27.6 Å². The van der Waals surface area contributed by atoms with Gasteiger partial charge in [0, 0.05) is 22.7 Å². The number of amides is 1. The zero-order valence-corrected chi connectivity index (χ0v) is 12.2. The zero-order valence-electron chi connectivity index (χ0n) is 11.4. The molecule has 1 unspecified atom stereocenters. The maximum Gasteiger partial charge on any atom is 0.251 e. The Labute approximate surface area is 127 Å². The zero-order chi connectivity index (χ0) is 15.4. The summed E-state index contributed by atoms with van der Waals surface area (Å²) in [5, 5.41) is 13.0. The fourth-order valence-corrected chi connectivity index (χ4v) is 2.28. The van der Waals surface area contributed by atoms with Crippen LogP contribution in [0.5, 0.6) is 0 Å². The van der Waals surface area contributed by atoms with Gasteiger partial charge in [0.1, 0.15) is 5.82 Å². The highest BCUT2D eigenvalue weighted by Gasteiger charge is 2.14. The Bertz CT molecular complexity index is 640. The van der Waals surface area contributed by atoms with Gasteiger partial charge in [-0.15, -0.1) is 0 Å². The summed E-state index contributed by atoms with van der Waals surface area (Å²) in [7, 11) is 0. The van der Waals surface area contributed by atoms with E-state index in [9.17, 15) is 14.3 Å². The lowest BCUT2D eigenvalue weighted by Gasteiger charge is -2.14. The molecule has 0 heterocycles. The summed E-state index contributed by atoms with van der Waals surface area (Å²) in [6.45, 7) is 1.70. The summed E-state index contributed by atoms with van der Waals surface area (Å²) < 4.78 is 13.3. The predicted molar refractivity (Wildman–Crippen MR) is 79.9 cm³/mol. The van der Waals surface area contributed by atoms with E-state index in [0.717, 1.165) is 6.07 Å². The van der Waals surface area contributed by atoms with Gasteiger partial charge in [-0.3, -0.25) is 4.79 Å². The molecule has 2 rings (SSSR count). The van der Waals surface area contributed by atoms with E-state index in [-0.39, 0.29) is 12.1 Å². The third-order valence-corrected chi connectivity index (χ3v) is 3.37. The van der Waals surface area contributed by atoms with Gasteiger partial charge in [0.05, 0.1) is 6.10 Å². The van der Waals surface area contributed by atoms with Crippen molar-refractivity contribution in [3.63, 3.8) is 0 Å². The fourth-order valence-electron chi connectivity index (χ4n) is 2.01. The van der Waals surface area contributed by atoms with Crippen molar-refractivity contribution in [1.82, 2.24) is 5.32 Å². The number of benzene rings is 2. The van der Waals surface area contributed by atoms with E-state index in [2.05, 4.69) is 5.32 Å². The quantitative estimate of drug-likeness (QED) is 0.911. The lowest BCUT2D eigenvalue weighted by atomic mass is 10.1. The summed E-state index contributed by atoms with van der Waals surface area (Å²) >= 11 is 5.97. The molecule has 0 aliphatic rings. The number of hydrogen-bond donors (Lipinski definition) is 2. The van der Waals surface area contributed by atoms with Crippen LogP contribution in [0.4, 0.5) is 4.39 Å². The molecule has 2 N–H and O–H groups in total. The topological polar surface area (TPSA) is 49.3 Å².